The highest BCUT2D eigenvalue weighted by molar-refractivity contribution is 6.34. The number of benzene rings is 2. The van der Waals surface area contributed by atoms with Crippen molar-refractivity contribution in [1.82, 2.24) is 0 Å². The van der Waals surface area contributed by atoms with E-state index in [-0.39, 0.29) is 30.2 Å². The van der Waals surface area contributed by atoms with E-state index in [1.807, 2.05) is 6.92 Å². The maximum absolute atomic E-state index is 12.5. The summed E-state index contributed by atoms with van der Waals surface area (Å²) in [6.07, 6.45) is 2.85. The van der Waals surface area contributed by atoms with Crippen LogP contribution in [0.1, 0.15) is 44.6 Å². The highest BCUT2D eigenvalue weighted by Gasteiger charge is 2.22. The highest BCUT2D eigenvalue weighted by Crippen LogP contribution is 2.31. The zero-order chi connectivity index (χ0) is 22.4. The van der Waals surface area contributed by atoms with Gasteiger partial charge in [-0.1, -0.05) is 30.7 Å². The van der Waals surface area contributed by atoms with E-state index in [4.69, 9.17) is 27.5 Å². The highest BCUT2D eigenvalue weighted by atomic mass is 35.5. The molecule has 164 valence electrons. The molecule has 3 rings (SSSR count). The molecule has 4 N–H and O–H groups in total. The summed E-state index contributed by atoms with van der Waals surface area (Å²) in [7, 11) is 0. The normalized spacial score (nSPS) is 14.8. The molecule has 1 aliphatic rings. The molecule has 1 saturated heterocycles. The lowest BCUT2D eigenvalue weighted by molar-refractivity contribution is -0.119. The van der Waals surface area contributed by atoms with Gasteiger partial charge >= 0.3 is 0 Å². The Morgan fingerprint density at radius 1 is 1.29 bits per heavy atom. The quantitative estimate of drug-likeness (QED) is 0.417. The summed E-state index contributed by atoms with van der Waals surface area (Å²) in [4.78, 5) is 26.4. The molecule has 1 atom stereocenters. The molecule has 8 heteroatoms. The molecule has 1 heterocycles. The van der Waals surface area contributed by atoms with Gasteiger partial charge in [0.1, 0.15) is 17.7 Å². The Morgan fingerprint density at radius 3 is 2.77 bits per heavy atom. The van der Waals surface area contributed by atoms with E-state index in [2.05, 4.69) is 5.32 Å². The Labute approximate surface area is 187 Å². The zero-order valence-electron chi connectivity index (χ0n) is 17.5. The van der Waals surface area contributed by atoms with Gasteiger partial charge < -0.3 is 20.7 Å². The van der Waals surface area contributed by atoms with Crippen LogP contribution >= 0.6 is 11.6 Å². The van der Waals surface area contributed by atoms with Crippen molar-refractivity contribution in [2.75, 3.05) is 16.8 Å². The molecule has 1 aliphatic heterocycles. The molecule has 2 amide bonds. The molecule has 0 bridgehead atoms. The third kappa shape index (κ3) is 5.98. The fourth-order valence-electron chi connectivity index (χ4n) is 3.48. The number of carbonyl (C=O) groups is 2. The van der Waals surface area contributed by atoms with Gasteiger partial charge in [0.05, 0.1) is 17.1 Å². The third-order valence-electron chi connectivity index (χ3n) is 5.16. The van der Waals surface area contributed by atoms with Gasteiger partial charge in [0.15, 0.2) is 0 Å². The number of ether oxygens (including phenoxy) is 1. The van der Waals surface area contributed by atoms with Crippen LogP contribution in [0.15, 0.2) is 42.5 Å². The molecule has 0 saturated carbocycles. The number of nitrogens with one attached hydrogen (secondary N) is 2. The molecule has 31 heavy (non-hydrogen) atoms. The second kappa shape index (κ2) is 10.3. The van der Waals surface area contributed by atoms with Crippen molar-refractivity contribution in [2.24, 2.45) is 5.73 Å². The Bertz CT molecular complexity index is 979. The van der Waals surface area contributed by atoms with Crippen LogP contribution < -0.4 is 20.7 Å². The second-order valence-electron chi connectivity index (χ2n) is 7.51. The monoisotopic (exact) mass is 442 g/mol. The number of anilines is 2. The molecule has 0 aromatic heterocycles. The van der Waals surface area contributed by atoms with E-state index < -0.39 is 0 Å². The second-order valence-corrected chi connectivity index (χ2v) is 7.92. The van der Waals surface area contributed by atoms with E-state index in [0.29, 0.717) is 47.1 Å². The maximum Gasteiger partial charge on any atom is 0.228 e. The summed E-state index contributed by atoms with van der Waals surface area (Å²) in [5, 5.41) is 10.8. The van der Waals surface area contributed by atoms with Gasteiger partial charge in [-0.2, -0.15) is 0 Å². The number of amides is 2. The summed E-state index contributed by atoms with van der Waals surface area (Å²) < 4.78 is 5.91. The molecule has 0 radical (unpaired) electrons. The summed E-state index contributed by atoms with van der Waals surface area (Å²) in [5.74, 6) is 0.392. The summed E-state index contributed by atoms with van der Waals surface area (Å²) >= 11 is 6.39. The van der Waals surface area contributed by atoms with Crippen LogP contribution in [0, 0.1) is 5.41 Å². The minimum Gasteiger partial charge on any atom is -0.490 e. The number of nitrogens with zero attached hydrogens (tertiary/aromatic N) is 1. The average Bonchev–Trinajstić information content (AvgIpc) is 2.74. The predicted molar refractivity (Wildman–Crippen MR) is 123 cm³/mol. The Kier molecular flexibility index (Phi) is 7.52. The van der Waals surface area contributed by atoms with Crippen molar-refractivity contribution in [3.63, 3.8) is 0 Å². The minimum atomic E-state index is -0.331. The molecule has 0 aliphatic carbocycles. The Morgan fingerprint density at radius 2 is 2.10 bits per heavy atom. The molecule has 0 spiro atoms. The number of halogens is 1. The standard InChI is InChI=1S/C23H27ClN4O3/c1-2-17(31-18-7-5-6-15(12-18)23(25)26)14-21(29)27-16-9-10-20(19(24)13-16)28-11-4-3-8-22(28)30/h5-7,9-10,12-13,17H,2-4,8,11,14H2,1H3,(H3,25,26)(H,27,29). The molecule has 2 aromatic rings. The topological polar surface area (TPSA) is 109 Å². The van der Waals surface area contributed by atoms with Crippen LogP contribution in [-0.4, -0.2) is 30.3 Å². The number of piperidine rings is 1. The molecular weight excluding hydrogens is 416 g/mol. The largest absolute Gasteiger partial charge is 0.490 e. The molecule has 7 nitrogen and oxygen atoms in total. The zero-order valence-corrected chi connectivity index (χ0v) is 18.2. The van der Waals surface area contributed by atoms with Crippen LogP contribution in [0.3, 0.4) is 0 Å². The Balaban J connectivity index is 1.61. The average molecular weight is 443 g/mol. The number of rotatable bonds is 8. The van der Waals surface area contributed by atoms with Crippen molar-refractivity contribution in [1.29, 1.82) is 5.41 Å². The van der Waals surface area contributed by atoms with Gasteiger partial charge in [-0.25, -0.2) is 0 Å². The van der Waals surface area contributed by atoms with Gasteiger partial charge in [0, 0.05) is 24.2 Å². The van der Waals surface area contributed by atoms with E-state index in [1.54, 1.807) is 47.4 Å². The van der Waals surface area contributed by atoms with Gasteiger partial charge in [0.2, 0.25) is 11.8 Å². The van der Waals surface area contributed by atoms with E-state index in [1.165, 1.54) is 0 Å². The number of hydrogen-bond donors (Lipinski definition) is 3. The van der Waals surface area contributed by atoms with Crippen LogP contribution in [0.5, 0.6) is 5.75 Å². The number of amidine groups is 1. The van der Waals surface area contributed by atoms with Crippen LogP contribution in [0.2, 0.25) is 5.02 Å². The lowest BCUT2D eigenvalue weighted by Crippen LogP contribution is -2.35. The summed E-state index contributed by atoms with van der Waals surface area (Å²) in [5.41, 5.74) is 7.33. The first-order chi connectivity index (χ1) is 14.9. The van der Waals surface area contributed by atoms with Gasteiger partial charge in [-0.05, 0) is 49.6 Å². The predicted octanol–water partition coefficient (Wildman–Crippen LogP) is 4.33. The molecular formula is C23H27ClN4O3. The molecule has 1 unspecified atom stereocenters. The summed E-state index contributed by atoms with van der Waals surface area (Å²) in [6.45, 7) is 2.60. The SMILES string of the molecule is CCC(CC(=O)Nc1ccc(N2CCCCC2=O)c(Cl)c1)Oc1cccc(C(=N)N)c1. The van der Waals surface area contributed by atoms with Crippen LogP contribution in [0.25, 0.3) is 0 Å². The van der Waals surface area contributed by atoms with E-state index in [0.717, 1.165) is 12.8 Å². The third-order valence-corrected chi connectivity index (χ3v) is 5.46. The van der Waals surface area contributed by atoms with Crippen molar-refractivity contribution in [3.8, 4) is 5.75 Å². The van der Waals surface area contributed by atoms with Crippen molar-refractivity contribution in [2.45, 2.75) is 45.1 Å². The van der Waals surface area contributed by atoms with Crippen LogP contribution in [0.4, 0.5) is 11.4 Å². The van der Waals surface area contributed by atoms with E-state index in [9.17, 15) is 9.59 Å². The first-order valence-electron chi connectivity index (χ1n) is 10.4. The fourth-order valence-corrected chi connectivity index (χ4v) is 3.76. The van der Waals surface area contributed by atoms with E-state index >= 15 is 0 Å². The smallest absolute Gasteiger partial charge is 0.228 e. The molecule has 2 aromatic carbocycles. The minimum absolute atomic E-state index is 0.0391. The van der Waals surface area contributed by atoms with Crippen molar-refractivity contribution < 1.29 is 14.3 Å². The van der Waals surface area contributed by atoms with Crippen LogP contribution in [-0.2, 0) is 9.59 Å². The number of nitrogen functional groups attached to an aromatic ring is 1. The molecule has 1 fully saturated rings. The first kappa shape index (κ1) is 22.6. The maximum atomic E-state index is 12.5. The van der Waals surface area contributed by atoms with Gasteiger partial charge in [-0.3, -0.25) is 15.0 Å². The fraction of sp³-hybridized carbons (Fsp3) is 0.348. The van der Waals surface area contributed by atoms with Crippen molar-refractivity contribution >= 4 is 40.6 Å². The number of nitrogens with two attached hydrogens (primary N) is 1. The van der Waals surface area contributed by atoms with Gasteiger partial charge in [-0.15, -0.1) is 0 Å². The van der Waals surface area contributed by atoms with Gasteiger partial charge in [0.25, 0.3) is 0 Å². The lowest BCUT2D eigenvalue weighted by atomic mass is 10.1. The first-order valence-corrected chi connectivity index (χ1v) is 10.8. The lowest BCUT2D eigenvalue weighted by Gasteiger charge is -2.27. The number of carbonyl (C=O) groups excluding carboxylic acids is 2. The summed E-state index contributed by atoms with van der Waals surface area (Å²) in [6, 6.07) is 12.1. The van der Waals surface area contributed by atoms with Crippen molar-refractivity contribution in [3.05, 3.63) is 53.1 Å². The Hall–Kier alpha value is -3.06. The number of hydrogen-bond acceptors (Lipinski definition) is 4.